The third kappa shape index (κ3) is 6.51. The number of methoxy groups -OCH3 is 3. The van der Waals surface area contributed by atoms with Gasteiger partial charge in [-0.15, -0.1) is 0 Å². The molecule has 0 N–H and O–H groups in total. The van der Waals surface area contributed by atoms with E-state index in [4.69, 9.17) is 18.9 Å². The molecule has 1 heterocycles. The van der Waals surface area contributed by atoms with Crippen LogP contribution < -0.4 is 23.8 Å². The predicted molar refractivity (Wildman–Crippen MR) is 254 cm³/mol. The Morgan fingerprint density at radius 1 is 0.435 bits per heavy atom. The Labute approximate surface area is 363 Å². The third-order valence-corrected chi connectivity index (χ3v) is 12.8. The van der Waals surface area contributed by atoms with E-state index in [0.29, 0.717) is 0 Å². The quantitative estimate of drug-likeness (QED) is 0.123. The maximum absolute atomic E-state index is 6.41. The summed E-state index contributed by atoms with van der Waals surface area (Å²) in [6.07, 6.45) is 1.94. The first-order valence-electron chi connectivity index (χ1n) is 21.3. The summed E-state index contributed by atoms with van der Waals surface area (Å²) in [7, 11) is 5.11. The van der Waals surface area contributed by atoms with Crippen molar-refractivity contribution in [2.75, 3.05) is 26.2 Å². The highest BCUT2D eigenvalue weighted by atomic mass is 16.5. The van der Waals surface area contributed by atoms with Crippen molar-refractivity contribution in [2.45, 2.75) is 32.1 Å². The second kappa shape index (κ2) is 15.9. The molecule has 10 rings (SSSR count). The highest BCUT2D eigenvalue weighted by Crippen LogP contribution is 2.55. The van der Waals surface area contributed by atoms with E-state index in [1.54, 1.807) is 21.3 Å². The number of rotatable bonds is 12. The Morgan fingerprint density at radius 2 is 1.03 bits per heavy atom. The lowest BCUT2D eigenvalue weighted by molar-refractivity contribution is 0.414. The van der Waals surface area contributed by atoms with E-state index in [1.807, 2.05) is 66.7 Å². The highest BCUT2D eigenvalue weighted by Gasteiger charge is 2.41. The Kier molecular flexibility index (Phi) is 9.92. The number of aromatic nitrogens is 1. The molecule has 0 aliphatic heterocycles. The van der Waals surface area contributed by atoms with Gasteiger partial charge in [0.2, 0.25) is 0 Å². The molecular weight excluding hydrogens is 765 g/mol. The van der Waals surface area contributed by atoms with Crippen LogP contribution in [0.5, 0.6) is 28.7 Å². The summed E-state index contributed by atoms with van der Waals surface area (Å²) in [4.78, 5) is 2.22. The van der Waals surface area contributed by atoms with Gasteiger partial charge in [-0.25, -0.2) is 0 Å². The highest BCUT2D eigenvalue weighted by molar-refractivity contribution is 6.12. The van der Waals surface area contributed by atoms with Crippen LogP contribution in [0.1, 0.15) is 37.8 Å². The second-order valence-corrected chi connectivity index (χ2v) is 15.9. The molecular formula is C56H48N2O4. The van der Waals surface area contributed by atoms with Crippen LogP contribution in [0.2, 0.25) is 0 Å². The largest absolute Gasteiger partial charge is 0.497 e. The van der Waals surface area contributed by atoms with Gasteiger partial charge in [-0.05, 0) is 155 Å². The molecule has 0 atom stereocenters. The van der Waals surface area contributed by atoms with Crippen LogP contribution in [0.25, 0.3) is 49.7 Å². The van der Waals surface area contributed by atoms with E-state index in [9.17, 15) is 0 Å². The van der Waals surface area contributed by atoms with Crippen molar-refractivity contribution in [2.24, 2.45) is 0 Å². The van der Waals surface area contributed by atoms with Gasteiger partial charge in [0.05, 0.1) is 32.4 Å². The van der Waals surface area contributed by atoms with Gasteiger partial charge in [0, 0.05) is 51.1 Å². The minimum atomic E-state index is -0.160. The normalized spacial score (nSPS) is 12.5. The number of benzene rings is 8. The van der Waals surface area contributed by atoms with Crippen LogP contribution in [0.3, 0.4) is 0 Å². The third-order valence-electron chi connectivity index (χ3n) is 12.8. The first-order valence-corrected chi connectivity index (χ1v) is 21.3. The topological polar surface area (TPSA) is 45.1 Å². The van der Waals surface area contributed by atoms with Crippen LogP contribution >= 0.6 is 0 Å². The molecule has 0 radical (unpaired) electrons. The van der Waals surface area contributed by atoms with Crippen molar-refractivity contribution in [1.82, 2.24) is 4.57 Å². The fourth-order valence-corrected chi connectivity index (χ4v) is 9.62. The molecule has 8 aromatic carbocycles. The van der Waals surface area contributed by atoms with Gasteiger partial charge in [0.1, 0.15) is 28.7 Å². The molecule has 0 fully saturated rings. The average molecular weight is 813 g/mol. The molecule has 1 aliphatic carbocycles. The monoisotopic (exact) mass is 812 g/mol. The van der Waals surface area contributed by atoms with Crippen LogP contribution in [0.15, 0.2) is 176 Å². The molecule has 6 nitrogen and oxygen atoms in total. The van der Waals surface area contributed by atoms with Crippen molar-refractivity contribution in [3.05, 3.63) is 187 Å². The number of para-hydroxylation sites is 1. The molecule has 306 valence electrons. The Balaban J connectivity index is 1.12. The number of hydrogen-bond acceptors (Lipinski definition) is 5. The number of ether oxygens (including phenoxy) is 4. The van der Waals surface area contributed by atoms with E-state index in [2.05, 4.69) is 133 Å². The molecule has 0 amide bonds. The van der Waals surface area contributed by atoms with Gasteiger partial charge in [-0.3, -0.25) is 0 Å². The lowest BCUT2D eigenvalue weighted by Gasteiger charge is -2.30. The average Bonchev–Trinajstić information content (AvgIpc) is 3.79. The SMILES string of the molecule is CCC1(CC)c2cc(Oc3ccccc3)ccc2-c2cc3c4cc(-c5ccc(N(c6cccc(OC)c6)c6cccc(OC)c6)cc5)ccc4n(-c4ccc(OC)cc4)c3cc21. The van der Waals surface area contributed by atoms with Crippen molar-refractivity contribution in [3.8, 4) is 56.7 Å². The summed E-state index contributed by atoms with van der Waals surface area (Å²) < 4.78 is 25.7. The summed E-state index contributed by atoms with van der Waals surface area (Å²) in [6.45, 7) is 4.64. The van der Waals surface area contributed by atoms with Crippen molar-refractivity contribution in [3.63, 3.8) is 0 Å². The maximum Gasteiger partial charge on any atom is 0.127 e. The molecule has 0 spiro atoms. The van der Waals surface area contributed by atoms with E-state index < -0.39 is 0 Å². The van der Waals surface area contributed by atoms with E-state index in [1.165, 1.54) is 38.5 Å². The first-order chi connectivity index (χ1) is 30.4. The van der Waals surface area contributed by atoms with Crippen molar-refractivity contribution in [1.29, 1.82) is 0 Å². The van der Waals surface area contributed by atoms with Crippen LogP contribution in [-0.2, 0) is 5.41 Å². The lowest BCUT2D eigenvalue weighted by Crippen LogP contribution is -2.23. The number of nitrogens with zero attached hydrogens (tertiary/aromatic N) is 2. The van der Waals surface area contributed by atoms with Gasteiger partial charge >= 0.3 is 0 Å². The summed E-state index contributed by atoms with van der Waals surface area (Å²) >= 11 is 0. The zero-order chi connectivity index (χ0) is 42.4. The van der Waals surface area contributed by atoms with E-state index in [-0.39, 0.29) is 5.41 Å². The van der Waals surface area contributed by atoms with Crippen molar-refractivity contribution < 1.29 is 18.9 Å². The molecule has 62 heavy (non-hydrogen) atoms. The molecule has 1 aliphatic rings. The predicted octanol–water partition coefficient (Wildman–Crippen LogP) is 14.8. The smallest absolute Gasteiger partial charge is 0.127 e. The lowest BCUT2D eigenvalue weighted by atomic mass is 9.73. The minimum absolute atomic E-state index is 0.160. The first kappa shape index (κ1) is 38.7. The molecule has 1 aromatic heterocycles. The zero-order valence-corrected chi connectivity index (χ0v) is 35.7. The van der Waals surface area contributed by atoms with Gasteiger partial charge in [-0.2, -0.15) is 0 Å². The summed E-state index contributed by atoms with van der Waals surface area (Å²) in [5, 5.41) is 2.42. The Hall–Kier alpha value is -7.44. The minimum Gasteiger partial charge on any atom is -0.497 e. The summed E-state index contributed by atoms with van der Waals surface area (Å²) in [5.41, 5.74) is 13.8. The molecule has 0 saturated carbocycles. The zero-order valence-electron chi connectivity index (χ0n) is 35.7. The van der Waals surface area contributed by atoms with Crippen molar-refractivity contribution >= 4 is 38.9 Å². The maximum atomic E-state index is 6.41. The van der Waals surface area contributed by atoms with Crippen LogP contribution in [-0.4, -0.2) is 25.9 Å². The Bertz CT molecular complexity index is 3030. The molecule has 0 bridgehead atoms. The summed E-state index contributed by atoms with van der Waals surface area (Å²) in [6, 6.07) is 62.0. The van der Waals surface area contributed by atoms with Gasteiger partial charge in [0.15, 0.2) is 0 Å². The Morgan fingerprint density at radius 3 is 1.68 bits per heavy atom. The molecule has 0 saturated heterocycles. The van der Waals surface area contributed by atoms with Gasteiger partial charge in [0.25, 0.3) is 0 Å². The summed E-state index contributed by atoms with van der Waals surface area (Å²) in [5.74, 6) is 4.11. The number of anilines is 3. The molecule has 0 unspecified atom stereocenters. The van der Waals surface area contributed by atoms with Gasteiger partial charge < -0.3 is 28.4 Å². The van der Waals surface area contributed by atoms with E-state index >= 15 is 0 Å². The molecule has 9 aromatic rings. The van der Waals surface area contributed by atoms with Gasteiger partial charge in [-0.1, -0.05) is 68.4 Å². The number of hydrogen-bond donors (Lipinski definition) is 0. The standard InChI is InChI=1S/C56H48N2O4/c1-6-56(7-2)52-34-47(62-44-15-9-8-10-16-44)28-29-48(52)49-35-51-50-31-38(21-30-54(50)58(55(51)36-53(49)56)40-24-26-43(59-3)27-25-40)37-19-22-39(23-20-37)57(41-13-11-17-45(32-41)60-4)42-14-12-18-46(33-42)61-5/h8-36H,6-7H2,1-5H3. The fraction of sp³-hybridized carbons (Fsp3) is 0.143. The van der Waals surface area contributed by atoms with Crippen LogP contribution in [0, 0.1) is 0 Å². The molecule has 6 heteroatoms. The fourth-order valence-electron chi connectivity index (χ4n) is 9.62. The second-order valence-electron chi connectivity index (χ2n) is 15.9. The van der Waals surface area contributed by atoms with E-state index in [0.717, 1.165) is 81.0 Å². The van der Waals surface area contributed by atoms with Crippen LogP contribution in [0.4, 0.5) is 17.1 Å². The number of fused-ring (bicyclic) bond motifs is 6.